The molecule has 1 atom stereocenters. The second-order valence-corrected chi connectivity index (χ2v) is 6.66. The monoisotopic (exact) mass is 251 g/mol. The van der Waals surface area contributed by atoms with Crippen LogP contribution in [0.2, 0.25) is 0 Å². The van der Waals surface area contributed by atoms with Crippen molar-refractivity contribution >= 4 is 10.2 Å². The van der Waals surface area contributed by atoms with Crippen molar-refractivity contribution in [3.05, 3.63) is 0 Å². The summed E-state index contributed by atoms with van der Waals surface area (Å²) in [5.41, 5.74) is 5.09. The first-order valence-electron chi connectivity index (χ1n) is 5.62. The van der Waals surface area contributed by atoms with Gasteiger partial charge in [0.2, 0.25) is 0 Å². The molecule has 0 spiro atoms. The Morgan fingerprint density at radius 2 is 1.94 bits per heavy atom. The molecule has 0 fully saturated rings. The van der Waals surface area contributed by atoms with Crippen LogP contribution in [0.4, 0.5) is 0 Å². The van der Waals surface area contributed by atoms with Gasteiger partial charge in [-0.05, 0) is 19.3 Å². The third-order valence-corrected chi connectivity index (χ3v) is 4.37. The molecule has 3 N–H and O–H groups in total. The summed E-state index contributed by atoms with van der Waals surface area (Å²) < 4.78 is 27.7. The second-order valence-electron chi connectivity index (χ2n) is 4.88. The van der Waals surface area contributed by atoms with Crippen LogP contribution >= 0.6 is 0 Å². The lowest BCUT2D eigenvalue weighted by atomic mass is 9.92. The molecule has 0 bridgehead atoms. The predicted molar refractivity (Wildman–Crippen MR) is 67.3 cm³/mol. The molecule has 16 heavy (non-hydrogen) atoms. The van der Waals surface area contributed by atoms with Gasteiger partial charge in [0.25, 0.3) is 10.2 Å². The molecule has 0 aliphatic heterocycles. The van der Waals surface area contributed by atoms with Gasteiger partial charge < -0.3 is 5.73 Å². The highest BCUT2D eigenvalue weighted by atomic mass is 32.2. The van der Waals surface area contributed by atoms with Crippen molar-refractivity contribution in [3.63, 3.8) is 0 Å². The van der Waals surface area contributed by atoms with Gasteiger partial charge >= 0.3 is 0 Å². The summed E-state index contributed by atoms with van der Waals surface area (Å²) in [6.45, 7) is 8.46. The number of hydrogen-bond acceptors (Lipinski definition) is 3. The van der Waals surface area contributed by atoms with Gasteiger partial charge in [0.05, 0.1) is 0 Å². The van der Waals surface area contributed by atoms with E-state index in [0.717, 1.165) is 6.42 Å². The second kappa shape index (κ2) is 5.95. The van der Waals surface area contributed by atoms with Gasteiger partial charge in [0, 0.05) is 25.7 Å². The number of nitrogens with one attached hydrogen (secondary N) is 1. The summed E-state index contributed by atoms with van der Waals surface area (Å²) in [4.78, 5) is 0. The Morgan fingerprint density at radius 3 is 2.25 bits per heavy atom. The lowest BCUT2D eigenvalue weighted by Gasteiger charge is -2.32. The minimum absolute atomic E-state index is 0.294. The summed E-state index contributed by atoms with van der Waals surface area (Å²) in [5.74, 6) is 0.392. The van der Waals surface area contributed by atoms with Crippen LogP contribution in [0.3, 0.4) is 0 Å². The number of nitrogens with zero attached hydrogens (tertiary/aromatic N) is 1. The third kappa shape index (κ3) is 4.78. The zero-order valence-corrected chi connectivity index (χ0v) is 11.8. The maximum Gasteiger partial charge on any atom is 0.279 e. The van der Waals surface area contributed by atoms with E-state index in [4.69, 9.17) is 5.73 Å². The quantitative estimate of drug-likeness (QED) is 0.693. The van der Waals surface area contributed by atoms with Crippen molar-refractivity contribution in [3.8, 4) is 0 Å². The summed E-state index contributed by atoms with van der Waals surface area (Å²) in [6, 6.07) is 0. The van der Waals surface area contributed by atoms with Gasteiger partial charge in [0.15, 0.2) is 0 Å². The first-order chi connectivity index (χ1) is 7.17. The fourth-order valence-corrected chi connectivity index (χ4v) is 2.91. The van der Waals surface area contributed by atoms with Gasteiger partial charge in [-0.15, -0.1) is 0 Å². The minimum atomic E-state index is -3.42. The Labute approximate surface area is 99.6 Å². The topological polar surface area (TPSA) is 75.4 Å². The summed E-state index contributed by atoms with van der Waals surface area (Å²) in [5, 5.41) is 0. The molecule has 0 rings (SSSR count). The highest BCUT2D eigenvalue weighted by Crippen LogP contribution is 2.17. The Kier molecular flexibility index (Phi) is 5.89. The van der Waals surface area contributed by atoms with Crippen LogP contribution in [0, 0.1) is 5.92 Å². The highest BCUT2D eigenvalue weighted by Gasteiger charge is 2.30. The van der Waals surface area contributed by atoms with Crippen LogP contribution in [0.15, 0.2) is 0 Å². The van der Waals surface area contributed by atoms with E-state index < -0.39 is 15.7 Å². The standard InChI is InChI=1S/C10H25N3O2S/c1-6-13(5)16(14,15)12-10(4,8-11)7-9(2)3/h9,12H,6-8,11H2,1-5H3. The average Bonchev–Trinajstić information content (AvgIpc) is 2.14. The van der Waals surface area contributed by atoms with Crippen molar-refractivity contribution in [1.82, 2.24) is 9.03 Å². The van der Waals surface area contributed by atoms with Gasteiger partial charge in [-0.2, -0.15) is 17.4 Å². The zero-order valence-electron chi connectivity index (χ0n) is 10.9. The van der Waals surface area contributed by atoms with Crippen molar-refractivity contribution in [2.24, 2.45) is 11.7 Å². The van der Waals surface area contributed by atoms with Crippen molar-refractivity contribution in [2.45, 2.75) is 39.7 Å². The summed E-state index contributed by atoms with van der Waals surface area (Å²) in [7, 11) is -1.87. The number of rotatable bonds is 7. The normalized spacial score (nSPS) is 16.8. The molecular formula is C10H25N3O2S. The lowest BCUT2D eigenvalue weighted by molar-refractivity contribution is 0.333. The van der Waals surface area contributed by atoms with E-state index in [1.54, 1.807) is 14.0 Å². The van der Waals surface area contributed by atoms with E-state index in [1.165, 1.54) is 4.31 Å². The van der Waals surface area contributed by atoms with Crippen molar-refractivity contribution in [1.29, 1.82) is 0 Å². The Balaban J connectivity index is 4.78. The Morgan fingerprint density at radius 1 is 1.44 bits per heavy atom. The van der Waals surface area contributed by atoms with Gasteiger partial charge in [-0.1, -0.05) is 20.8 Å². The van der Waals surface area contributed by atoms with Crippen molar-refractivity contribution < 1.29 is 8.42 Å². The molecule has 5 nitrogen and oxygen atoms in total. The molecule has 0 heterocycles. The number of hydrogen-bond donors (Lipinski definition) is 2. The van der Waals surface area contributed by atoms with Crippen molar-refractivity contribution in [2.75, 3.05) is 20.1 Å². The smallest absolute Gasteiger partial charge is 0.279 e. The molecule has 0 saturated heterocycles. The fraction of sp³-hybridized carbons (Fsp3) is 1.00. The van der Waals surface area contributed by atoms with Gasteiger partial charge in [-0.3, -0.25) is 0 Å². The lowest BCUT2D eigenvalue weighted by Crippen LogP contribution is -2.55. The molecular weight excluding hydrogens is 226 g/mol. The molecule has 0 aromatic heterocycles. The zero-order chi connectivity index (χ0) is 13.0. The molecule has 98 valence electrons. The SMILES string of the molecule is CCN(C)S(=O)(=O)NC(C)(CN)CC(C)C. The van der Waals surface area contributed by atoms with Gasteiger partial charge in [-0.25, -0.2) is 0 Å². The number of nitrogens with two attached hydrogens (primary N) is 1. The molecule has 0 aromatic carbocycles. The van der Waals surface area contributed by atoms with E-state index in [9.17, 15) is 8.42 Å². The van der Waals surface area contributed by atoms with Crippen LogP contribution in [-0.2, 0) is 10.2 Å². The highest BCUT2D eigenvalue weighted by molar-refractivity contribution is 7.87. The van der Waals surface area contributed by atoms with Crippen LogP contribution in [0.5, 0.6) is 0 Å². The van der Waals surface area contributed by atoms with Crippen LogP contribution in [0.1, 0.15) is 34.1 Å². The molecule has 6 heteroatoms. The molecule has 0 radical (unpaired) electrons. The Bertz CT molecular complexity index is 303. The maximum absolute atomic E-state index is 11.9. The molecule has 0 aliphatic carbocycles. The minimum Gasteiger partial charge on any atom is -0.329 e. The first-order valence-corrected chi connectivity index (χ1v) is 7.06. The third-order valence-electron chi connectivity index (χ3n) is 2.54. The molecule has 0 aromatic rings. The molecule has 0 amide bonds. The maximum atomic E-state index is 11.9. The largest absolute Gasteiger partial charge is 0.329 e. The molecule has 0 saturated carbocycles. The van der Waals surface area contributed by atoms with E-state index in [2.05, 4.69) is 4.72 Å². The van der Waals surface area contributed by atoms with Crippen LogP contribution in [-0.4, -0.2) is 38.4 Å². The fourth-order valence-electron chi connectivity index (χ4n) is 1.63. The molecule has 0 aliphatic rings. The van der Waals surface area contributed by atoms with Crippen LogP contribution in [0.25, 0.3) is 0 Å². The Hall–Kier alpha value is -0.170. The van der Waals surface area contributed by atoms with Crippen LogP contribution < -0.4 is 10.5 Å². The summed E-state index contributed by atoms with van der Waals surface area (Å²) >= 11 is 0. The van der Waals surface area contributed by atoms with Gasteiger partial charge in [0.1, 0.15) is 0 Å². The van der Waals surface area contributed by atoms with E-state index in [1.807, 2.05) is 20.8 Å². The predicted octanol–water partition coefficient (Wildman–Crippen LogP) is 0.536. The summed E-state index contributed by atoms with van der Waals surface area (Å²) in [6.07, 6.45) is 0.723. The van der Waals surface area contributed by atoms with E-state index in [0.29, 0.717) is 19.0 Å². The average molecular weight is 251 g/mol. The van der Waals surface area contributed by atoms with E-state index >= 15 is 0 Å². The molecule has 1 unspecified atom stereocenters. The first kappa shape index (κ1) is 15.8. The van der Waals surface area contributed by atoms with E-state index in [-0.39, 0.29) is 0 Å².